The van der Waals surface area contributed by atoms with Crippen molar-refractivity contribution in [1.29, 1.82) is 0 Å². The highest BCUT2D eigenvalue weighted by Gasteiger charge is 2.36. The topological polar surface area (TPSA) is 37.4 Å². The van der Waals surface area contributed by atoms with Crippen LogP contribution in [-0.4, -0.2) is 11.1 Å². The predicted molar refractivity (Wildman–Crippen MR) is 86.3 cm³/mol. The van der Waals surface area contributed by atoms with Gasteiger partial charge in [0.2, 0.25) is 0 Å². The molecule has 1 fully saturated rings. The normalized spacial score (nSPS) is 16.8. The quantitative estimate of drug-likeness (QED) is 0.761. The predicted octanol–water partition coefficient (Wildman–Crippen LogP) is 4.58. The number of thioether (sulfide) groups is 1. The molecule has 104 valence electrons. The fraction of sp³-hybridized carbons (Fsp3) is 0. The molecule has 0 aliphatic carbocycles. The Morgan fingerprint density at radius 2 is 1.62 bits per heavy atom. The Hall–Kier alpha value is -2.04. The minimum Gasteiger partial charge on any atom is -0.268 e. The molecule has 1 aliphatic heterocycles. The average molecular weight is 316 g/mol. The first-order chi connectivity index (χ1) is 10.1. The lowest BCUT2D eigenvalue weighted by molar-refractivity contribution is -0.113. The lowest BCUT2D eigenvalue weighted by Gasteiger charge is -2.11. The van der Waals surface area contributed by atoms with Gasteiger partial charge in [0, 0.05) is 5.02 Å². The molecule has 0 atom stereocenters. The standard InChI is InChI=1S/C16H10ClNO2S/c17-12-8-6-11(7-9-12)10-14-15(19)18(16(20)21-14)13-4-2-1-3-5-13/h1-10H/b14-10+. The van der Waals surface area contributed by atoms with Crippen LogP contribution >= 0.6 is 23.4 Å². The van der Waals surface area contributed by atoms with Crippen LogP contribution in [0.3, 0.4) is 0 Å². The van der Waals surface area contributed by atoms with E-state index in [1.165, 1.54) is 4.90 Å². The second-order valence-corrected chi connectivity index (χ2v) is 5.83. The number of carbonyl (C=O) groups is 2. The van der Waals surface area contributed by atoms with Crippen molar-refractivity contribution in [2.24, 2.45) is 0 Å². The van der Waals surface area contributed by atoms with Gasteiger partial charge in [0.1, 0.15) is 0 Å². The smallest absolute Gasteiger partial charge is 0.268 e. The number of rotatable bonds is 2. The largest absolute Gasteiger partial charge is 0.298 e. The maximum atomic E-state index is 12.4. The Kier molecular flexibility index (Phi) is 3.82. The van der Waals surface area contributed by atoms with Crippen molar-refractivity contribution in [1.82, 2.24) is 0 Å². The van der Waals surface area contributed by atoms with E-state index in [0.29, 0.717) is 15.6 Å². The highest BCUT2D eigenvalue weighted by Crippen LogP contribution is 2.35. The Morgan fingerprint density at radius 3 is 2.29 bits per heavy atom. The van der Waals surface area contributed by atoms with Crippen molar-refractivity contribution < 1.29 is 9.59 Å². The van der Waals surface area contributed by atoms with Crippen LogP contribution in [-0.2, 0) is 4.79 Å². The van der Waals surface area contributed by atoms with Crippen LogP contribution < -0.4 is 4.90 Å². The molecule has 2 aromatic rings. The van der Waals surface area contributed by atoms with Crippen molar-refractivity contribution in [2.75, 3.05) is 4.90 Å². The fourth-order valence-electron chi connectivity index (χ4n) is 1.98. The number of carbonyl (C=O) groups excluding carboxylic acids is 2. The Morgan fingerprint density at radius 1 is 0.952 bits per heavy atom. The maximum absolute atomic E-state index is 12.4. The van der Waals surface area contributed by atoms with E-state index >= 15 is 0 Å². The number of hydrogen-bond acceptors (Lipinski definition) is 3. The van der Waals surface area contributed by atoms with Gasteiger partial charge in [-0.05, 0) is 47.7 Å². The summed E-state index contributed by atoms with van der Waals surface area (Å²) in [6.07, 6.45) is 1.70. The van der Waals surface area contributed by atoms with E-state index in [-0.39, 0.29) is 11.1 Å². The fourth-order valence-corrected chi connectivity index (χ4v) is 2.95. The molecular formula is C16H10ClNO2S. The molecule has 0 unspecified atom stereocenters. The SMILES string of the molecule is O=C1S/C(=C/c2ccc(Cl)cc2)C(=O)N1c1ccccc1. The Bertz CT molecular complexity index is 726. The summed E-state index contributed by atoms with van der Waals surface area (Å²) in [5.41, 5.74) is 1.41. The summed E-state index contributed by atoms with van der Waals surface area (Å²) in [6, 6.07) is 16.0. The van der Waals surface area contributed by atoms with Crippen LogP contribution in [0.15, 0.2) is 59.5 Å². The molecular weight excluding hydrogens is 306 g/mol. The van der Waals surface area contributed by atoms with Crippen molar-refractivity contribution >= 4 is 46.3 Å². The molecule has 0 bridgehead atoms. The molecule has 3 nitrogen and oxygen atoms in total. The average Bonchev–Trinajstić information content (AvgIpc) is 2.77. The zero-order valence-electron chi connectivity index (χ0n) is 10.8. The van der Waals surface area contributed by atoms with Gasteiger partial charge in [-0.15, -0.1) is 0 Å². The third kappa shape index (κ3) is 2.86. The van der Waals surface area contributed by atoms with E-state index in [9.17, 15) is 9.59 Å². The molecule has 0 aromatic heterocycles. The van der Waals surface area contributed by atoms with Gasteiger partial charge < -0.3 is 0 Å². The molecule has 3 rings (SSSR count). The van der Waals surface area contributed by atoms with Gasteiger partial charge >= 0.3 is 0 Å². The maximum Gasteiger partial charge on any atom is 0.298 e. The minimum atomic E-state index is -0.300. The summed E-state index contributed by atoms with van der Waals surface area (Å²) in [5, 5.41) is 0.343. The summed E-state index contributed by atoms with van der Waals surface area (Å²) < 4.78 is 0. The van der Waals surface area contributed by atoms with Crippen molar-refractivity contribution in [3.05, 3.63) is 70.1 Å². The molecule has 0 radical (unpaired) electrons. The van der Waals surface area contributed by atoms with E-state index in [1.807, 2.05) is 6.07 Å². The highest BCUT2D eigenvalue weighted by molar-refractivity contribution is 8.19. The van der Waals surface area contributed by atoms with Crippen LogP contribution in [0.1, 0.15) is 5.56 Å². The van der Waals surface area contributed by atoms with Crippen LogP contribution in [0.5, 0.6) is 0 Å². The summed E-state index contributed by atoms with van der Waals surface area (Å²) in [6.45, 7) is 0. The van der Waals surface area contributed by atoms with Crippen LogP contribution in [0.25, 0.3) is 6.08 Å². The second-order valence-electron chi connectivity index (χ2n) is 4.40. The summed E-state index contributed by atoms with van der Waals surface area (Å²) in [7, 11) is 0. The summed E-state index contributed by atoms with van der Waals surface area (Å²) >= 11 is 6.77. The van der Waals surface area contributed by atoms with Gasteiger partial charge in [0.25, 0.3) is 11.1 Å². The van der Waals surface area contributed by atoms with Crippen LogP contribution in [0, 0.1) is 0 Å². The van der Waals surface area contributed by atoms with E-state index in [0.717, 1.165) is 17.3 Å². The highest BCUT2D eigenvalue weighted by atomic mass is 35.5. The van der Waals surface area contributed by atoms with Gasteiger partial charge in [-0.25, -0.2) is 4.90 Å². The van der Waals surface area contributed by atoms with Gasteiger partial charge in [-0.3, -0.25) is 9.59 Å². The molecule has 21 heavy (non-hydrogen) atoms. The third-order valence-electron chi connectivity index (χ3n) is 2.98. The molecule has 1 heterocycles. The summed E-state index contributed by atoms with van der Waals surface area (Å²) in [4.78, 5) is 26.0. The second kappa shape index (κ2) is 5.76. The molecule has 0 N–H and O–H groups in total. The first-order valence-electron chi connectivity index (χ1n) is 6.24. The van der Waals surface area contributed by atoms with Gasteiger partial charge in [-0.2, -0.15) is 0 Å². The molecule has 2 aromatic carbocycles. The molecule has 0 spiro atoms. The lowest BCUT2D eigenvalue weighted by atomic mass is 10.2. The number of benzene rings is 2. The number of imide groups is 1. The zero-order valence-corrected chi connectivity index (χ0v) is 12.4. The van der Waals surface area contributed by atoms with Crippen molar-refractivity contribution in [2.45, 2.75) is 0 Å². The first kappa shape index (κ1) is 13.9. The minimum absolute atomic E-state index is 0.286. The van der Waals surface area contributed by atoms with E-state index in [4.69, 9.17) is 11.6 Å². The summed E-state index contributed by atoms with van der Waals surface area (Å²) in [5.74, 6) is -0.300. The number of para-hydroxylation sites is 1. The molecule has 2 amide bonds. The monoisotopic (exact) mass is 315 g/mol. The van der Waals surface area contributed by atoms with Gasteiger partial charge in [0.15, 0.2) is 0 Å². The number of amides is 2. The molecule has 1 aliphatic rings. The lowest BCUT2D eigenvalue weighted by Crippen LogP contribution is -2.27. The van der Waals surface area contributed by atoms with Crippen molar-refractivity contribution in [3.8, 4) is 0 Å². The Balaban J connectivity index is 1.92. The third-order valence-corrected chi connectivity index (χ3v) is 4.10. The van der Waals surface area contributed by atoms with Crippen molar-refractivity contribution in [3.63, 3.8) is 0 Å². The number of nitrogens with zero attached hydrogens (tertiary/aromatic N) is 1. The van der Waals surface area contributed by atoms with E-state index < -0.39 is 0 Å². The molecule has 1 saturated heterocycles. The van der Waals surface area contributed by atoms with Crippen LogP contribution in [0.2, 0.25) is 5.02 Å². The van der Waals surface area contributed by atoms with Gasteiger partial charge in [-0.1, -0.05) is 41.9 Å². The number of anilines is 1. The van der Waals surface area contributed by atoms with Crippen LogP contribution in [0.4, 0.5) is 10.5 Å². The Labute approximate surface area is 131 Å². The number of halogens is 1. The first-order valence-corrected chi connectivity index (χ1v) is 7.43. The molecule has 0 saturated carbocycles. The van der Waals surface area contributed by atoms with E-state index in [2.05, 4.69) is 0 Å². The van der Waals surface area contributed by atoms with Gasteiger partial charge in [0.05, 0.1) is 10.6 Å². The molecule has 5 heteroatoms. The number of hydrogen-bond donors (Lipinski definition) is 0. The zero-order chi connectivity index (χ0) is 14.8. The van der Waals surface area contributed by atoms with E-state index in [1.54, 1.807) is 54.6 Å².